The number of rotatable bonds is 5. The fourth-order valence-corrected chi connectivity index (χ4v) is 5.67. The number of aryl methyl sites for hydroxylation is 3. The molecule has 0 aliphatic carbocycles. The molecule has 5 rings (SSSR count). The second kappa shape index (κ2) is 8.41. The number of amides is 1. The fourth-order valence-electron chi connectivity index (χ4n) is 3.92. The van der Waals surface area contributed by atoms with Crippen molar-refractivity contribution in [3.05, 3.63) is 82.6 Å². The molecule has 2 aromatic heterocycles. The second-order valence-electron chi connectivity index (χ2n) is 7.77. The molecule has 1 amide bonds. The topological polar surface area (TPSA) is 68.0 Å². The summed E-state index contributed by atoms with van der Waals surface area (Å²) in [4.78, 5) is 12.9. The van der Waals surface area contributed by atoms with Crippen LogP contribution in [0.5, 0.6) is 0 Å². The SMILES string of the molecule is Cc1cc(C)c2oc(C(=O)Nc3nnc(SCc4cccc5ccccc45)s3)c(C)c2c1. The molecule has 0 unspecified atom stereocenters. The molecule has 0 radical (unpaired) electrons. The molecular formula is C25H21N3O2S2. The van der Waals surface area contributed by atoms with Crippen molar-refractivity contribution in [2.45, 2.75) is 30.9 Å². The molecule has 0 spiro atoms. The third-order valence-electron chi connectivity index (χ3n) is 5.43. The summed E-state index contributed by atoms with van der Waals surface area (Å²) in [5, 5.41) is 15.1. The van der Waals surface area contributed by atoms with Gasteiger partial charge >= 0.3 is 0 Å². The van der Waals surface area contributed by atoms with Crippen molar-refractivity contribution in [1.82, 2.24) is 10.2 Å². The van der Waals surface area contributed by atoms with Crippen LogP contribution in [0.4, 0.5) is 5.13 Å². The van der Waals surface area contributed by atoms with E-state index in [1.165, 1.54) is 27.7 Å². The molecule has 0 aliphatic rings. The zero-order valence-electron chi connectivity index (χ0n) is 17.9. The van der Waals surface area contributed by atoms with Crippen LogP contribution in [0.25, 0.3) is 21.7 Å². The Morgan fingerprint density at radius 2 is 1.84 bits per heavy atom. The average molecular weight is 460 g/mol. The maximum Gasteiger partial charge on any atom is 0.293 e. The van der Waals surface area contributed by atoms with Crippen LogP contribution in [0, 0.1) is 20.8 Å². The van der Waals surface area contributed by atoms with E-state index in [0.29, 0.717) is 10.9 Å². The van der Waals surface area contributed by atoms with Crippen molar-refractivity contribution in [2.24, 2.45) is 0 Å². The average Bonchev–Trinajstić information content (AvgIpc) is 3.36. The van der Waals surface area contributed by atoms with Crippen LogP contribution in [-0.2, 0) is 5.75 Å². The second-order valence-corrected chi connectivity index (χ2v) is 9.97. The lowest BCUT2D eigenvalue weighted by Crippen LogP contribution is -2.11. The molecule has 2 heterocycles. The Kier molecular flexibility index (Phi) is 5.45. The molecule has 0 fully saturated rings. The number of thioether (sulfide) groups is 1. The number of hydrogen-bond acceptors (Lipinski definition) is 6. The Hall–Kier alpha value is -3.16. The van der Waals surface area contributed by atoms with Gasteiger partial charge in [-0.25, -0.2) is 0 Å². The lowest BCUT2D eigenvalue weighted by atomic mass is 10.1. The van der Waals surface area contributed by atoms with Crippen LogP contribution in [0.3, 0.4) is 0 Å². The van der Waals surface area contributed by atoms with Gasteiger partial charge < -0.3 is 4.42 Å². The normalized spacial score (nSPS) is 11.3. The Labute approximate surface area is 193 Å². The van der Waals surface area contributed by atoms with Gasteiger partial charge in [-0.05, 0) is 54.3 Å². The van der Waals surface area contributed by atoms with Gasteiger partial charge in [0.05, 0.1) is 0 Å². The number of benzene rings is 3. The van der Waals surface area contributed by atoms with Gasteiger partial charge in [-0.3, -0.25) is 10.1 Å². The summed E-state index contributed by atoms with van der Waals surface area (Å²) >= 11 is 2.98. The van der Waals surface area contributed by atoms with Gasteiger partial charge in [0.25, 0.3) is 5.91 Å². The number of hydrogen-bond donors (Lipinski definition) is 1. The first-order valence-electron chi connectivity index (χ1n) is 10.2. The molecule has 7 heteroatoms. The number of carbonyl (C=O) groups is 1. The van der Waals surface area contributed by atoms with Crippen LogP contribution in [-0.4, -0.2) is 16.1 Å². The van der Waals surface area contributed by atoms with Crippen LogP contribution in [0.2, 0.25) is 0 Å². The summed E-state index contributed by atoms with van der Waals surface area (Å²) in [5.74, 6) is 0.789. The van der Waals surface area contributed by atoms with Crippen molar-refractivity contribution in [3.63, 3.8) is 0 Å². The number of nitrogens with one attached hydrogen (secondary N) is 1. The van der Waals surface area contributed by atoms with E-state index in [9.17, 15) is 4.79 Å². The number of anilines is 1. The van der Waals surface area contributed by atoms with Gasteiger partial charge in [-0.2, -0.15) is 0 Å². The first-order chi connectivity index (χ1) is 15.5. The molecular weight excluding hydrogens is 438 g/mol. The summed E-state index contributed by atoms with van der Waals surface area (Å²) in [7, 11) is 0. The molecule has 0 saturated heterocycles. The van der Waals surface area contributed by atoms with Gasteiger partial charge in [-0.15, -0.1) is 10.2 Å². The maximum atomic E-state index is 12.9. The first-order valence-corrected chi connectivity index (χ1v) is 12.0. The minimum atomic E-state index is -0.308. The summed E-state index contributed by atoms with van der Waals surface area (Å²) in [6, 6.07) is 18.8. The minimum absolute atomic E-state index is 0.308. The quantitative estimate of drug-likeness (QED) is 0.228. The van der Waals surface area contributed by atoms with E-state index in [1.807, 2.05) is 32.9 Å². The molecule has 32 heavy (non-hydrogen) atoms. The van der Waals surface area contributed by atoms with Gasteiger partial charge in [0.1, 0.15) is 5.58 Å². The highest BCUT2D eigenvalue weighted by molar-refractivity contribution is 8.00. The van der Waals surface area contributed by atoms with Crippen molar-refractivity contribution in [3.8, 4) is 0 Å². The van der Waals surface area contributed by atoms with Crippen LogP contribution >= 0.6 is 23.1 Å². The molecule has 0 atom stereocenters. The van der Waals surface area contributed by atoms with Crippen molar-refractivity contribution < 1.29 is 9.21 Å². The summed E-state index contributed by atoms with van der Waals surface area (Å²) in [6.07, 6.45) is 0. The van der Waals surface area contributed by atoms with E-state index in [2.05, 4.69) is 58.0 Å². The molecule has 5 aromatic rings. The maximum absolute atomic E-state index is 12.9. The predicted molar refractivity (Wildman–Crippen MR) is 132 cm³/mol. The molecule has 0 aliphatic heterocycles. The van der Waals surface area contributed by atoms with Crippen LogP contribution in [0.15, 0.2) is 63.4 Å². The molecule has 0 saturated carbocycles. The number of carbonyl (C=O) groups excluding carboxylic acids is 1. The molecule has 0 bridgehead atoms. The van der Waals surface area contributed by atoms with Crippen molar-refractivity contribution in [1.29, 1.82) is 0 Å². The van der Waals surface area contributed by atoms with E-state index >= 15 is 0 Å². The number of furan rings is 1. The van der Waals surface area contributed by atoms with Crippen molar-refractivity contribution in [2.75, 3.05) is 5.32 Å². The summed E-state index contributed by atoms with van der Waals surface area (Å²) < 4.78 is 6.72. The van der Waals surface area contributed by atoms with E-state index in [4.69, 9.17) is 4.42 Å². The standard InChI is InChI=1S/C25H21N3O2S2/c1-14-11-15(2)21-20(12-14)16(3)22(30-21)23(29)26-24-27-28-25(32-24)31-13-18-9-6-8-17-7-4-5-10-19(17)18/h4-12H,13H2,1-3H3,(H,26,27,29). The number of aromatic nitrogens is 2. The predicted octanol–water partition coefficient (Wildman–Crippen LogP) is 6.91. The number of nitrogens with zero attached hydrogens (tertiary/aromatic N) is 2. The van der Waals surface area contributed by atoms with E-state index in [0.717, 1.165) is 37.8 Å². The Morgan fingerprint density at radius 1 is 1.03 bits per heavy atom. The minimum Gasteiger partial charge on any atom is -0.450 e. The van der Waals surface area contributed by atoms with E-state index < -0.39 is 0 Å². The summed E-state index contributed by atoms with van der Waals surface area (Å²) in [5.41, 5.74) is 4.99. The van der Waals surface area contributed by atoms with E-state index in [1.54, 1.807) is 11.8 Å². The van der Waals surface area contributed by atoms with E-state index in [-0.39, 0.29) is 5.91 Å². The molecule has 1 N–H and O–H groups in total. The first kappa shape index (κ1) is 20.7. The highest BCUT2D eigenvalue weighted by Gasteiger charge is 2.20. The number of fused-ring (bicyclic) bond motifs is 2. The molecule has 5 nitrogen and oxygen atoms in total. The van der Waals surface area contributed by atoms with Gasteiger partial charge in [0.2, 0.25) is 5.13 Å². The Morgan fingerprint density at radius 3 is 2.72 bits per heavy atom. The van der Waals surface area contributed by atoms with Gasteiger partial charge in [0.15, 0.2) is 10.1 Å². The zero-order valence-corrected chi connectivity index (χ0v) is 19.6. The highest BCUT2D eigenvalue weighted by atomic mass is 32.2. The lowest BCUT2D eigenvalue weighted by Gasteiger charge is -2.04. The fraction of sp³-hybridized carbons (Fsp3) is 0.160. The van der Waals surface area contributed by atoms with Gasteiger partial charge in [-0.1, -0.05) is 71.6 Å². The van der Waals surface area contributed by atoms with Crippen LogP contribution < -0.4 is 5.32 Å². The van der Waals surface area contributed by atoms with Gasteiger partial charge in [0, 0.05) is 16.7 Å². The lowest BCUT2D eigenvalue weighted by molar-refractivity contribution is 0.0998. The van der Waals surface area contributed by atoms with Crippen LogP contribution in [0.1, 0.15) is 32.8 Å². The van der Waals surface area contributed by atoms with Crippen molar-refractivity contribution >= 4 is 55.9 Å². The summed E-state index contributed by atoms with van der Waals surface area (Å²) in [6.45, 7) is 5.94. The molecule has 160 valence electrons. The molecule has 3 aromatic carbocycles. The Balaban J connectivity index is 1.31. The highest BCUT2D eigenvalue weighted by Crippen LogP contribution is 2.32. The monoisotopic (exact) mass is 459 g/mol. The smallest absolute Gasteiger partial charge is 0.293 e. The zero-order chi connectivity index (χ0) is 22.2. The largest absolute Gasteiger partial charge is 0.450 e. The third kappa shape index (κ3) is 3.89. The third-order valence-corrected chi connectivity index (χ3v) is 7.45. The Bertz CT molecular complexity index is 1460.